The molecule has 1 atom stereocenters. The number of benzene rings is 1. The summed E-state index contributed by atoms with van der Waals surface area (Å²) in [5.74, 6) is 0.584. The van der Waals surface area contributed by atoms with Gasteiger partial charge in [-0.15, -0.1) is 5.10 Å². The molecule has 9 nitrogen and oxygen atoms in total. The topological polar surface area (TPSA) is 97.7 Å². The molecule has 1 aliphatic heterocycles. The number of amides is 1. The number of piperazine rings is 1. The summed E-state index contributed by atoms with van der Waals surface area (Å²) in [5.41, 5.74) is 1.44. The second-order valence-corrected chi connectivity index (χ2v) is 9.47. The number of hydrogen-bond donors (Lipinski definition) is 2. The molecule has 4 rings (SSSR count). The van der Waals surface area contributed by atoms with Gasteiger partial charge in [0.05, 0.1) is 18.4 Å². The van der Waals surface area contributed by atoms with Crippen molar-refractivity contribution in [3.63, 3.8) is 0 Å². The highest BCUT2D eigenvalue weighted by molar-refractivity contribution is 5.78. The van der Waals surface area contributed by atoms with Crippen LogP contribution in [0.2, 0.25) is 0 Å². The zero-order valence-electron chi connectivity index (χ0n) is 19.9. The summed E-state index contributed by atoms with van der Waals surface area (Å²) < 4.78 is 13.2. The van der Waals surface area contributed by atoms with Gasteiger partial charge in [0.15, 0.2) is 0 Å². The molecule has 2 aliphatic rings. The molecule has 2 heterocycles. The first kappa shape index (κ1) is 24.4. The molecule has 2 aromatic rings. The van der Waals surface area contributed by atoms with E-state index >= 15 is 0 Å². The first-order valence-electron chi connectivity index (χ1n) is 12.0. The number of nitrogens with zero attached hydrogens (tertiary/aromatic N) is 6. The average Bonchev–Trinajstić information content (AvgIpc) is 2.85. The Morgan fingerprint density at radius 1 is 1.15 bits per heavy atom. The van der Waals surface area contributed by atoms with E-state index in [9.17, 15) is 14.3 Å². The van der Waals surface area contributed by atoms with Crippen LogP contribution in [0.5, 0.6) is 0 Å². The Morgan fingerprint density at radius 3 is 2.47 bits per heavy atom. The largest absolute Gasteiger partial charge is 0.378 e. The van der Waals surface area contributed by atoms with E-state index in [1.54, 1.807) is 18.3 Å². The van der Waals surface area contributed by atoms with Gasteiger partial charge in [-0.2, -0.15) is 5.10 Å². The van der Waals surface area contributed by atoms with Crippen LogP contribution in [0.15, 0.2) is 30.5 Å². The van der Waals surface area contributed by atoms with E-state index < -0.39 is 6.23 Å². The van der Waals surface area contributed by atoms with E-state index in [4.69, 9.17) is 0 Å². The summed E-state index contributed by atoms with van der Waals surface area (Å²) in [6.45, 7) is 3.26. The number of aliphatic hydroxyl groups excluding tert-OH is 1. The number of carbonyl (C=O) groups excluding carboxylic acids is 1. The zero-order chi connectivity index (χ0) is 24.1. The van der Waals surface area contributed by atoms with Crippen molar-refractivity contribution >= 4 is 11.9 Å². The fraction of sp³-hybridized carbons (Fsp3) is 0.583. The Morgan fingerprint density at radius 2 is 1.82 bits per heavy atom. The van der Waals surface area contributed by atoms with Crippen LogP contribution in [0.1, 0.15) is 25.7 Å². The minimum absolute atomic E-state index is 0.0567. The smallest absolute Gasteiger partial charge is 0.245 e. The average molecular weight is 472 g/mol. The molecule has 1 aromatic heterocycles. The van der Waals surface area contributed by atoms with Crippen molar-refractivity contribution in [1.29, 1.82) is 0 Å². The fourth-order valence-electron chi connectivity index (χ4n) is 4.75. The SMILES string of the molecule is CN(C)C(O)C1CCC(NC(=O)CN2CCN(c3nncc(-c4ccc(F)cc4)n3)CC2)CC1. The van der Waals surface area contributed by atoms with Crippen LogP contribution >= 0.6 is 0 Å². The van der Waals surface area contributed by atoms with E-state index in [1.165, 1.54) is 12.1 Å². The van der Waals surface area contributed by atoms with Gasteiger partial charge in [0, 0.05) is 37.8 Å². The quantitative estimate of drug-likeness (QED) is 0.584. The molecular formula is C24H34FN7O2. The molecule has 10 heteroatoms. The molecular weight excluding hydrogens is 437 g/mol. The molecule has 0 radical (unpaired) electrons. The number of carbonyl (C=O) groups is 1. The Kier molecular flexibility index (Phi) is 8.02. The van der Waals surface area contributed by atoms with Crippen molar-refractivity contribution in [1.82, 2.24) is 30.3 Å². The summed E-state index contributed by atoms with van der Waals surface area (Å²) in [5, 5.41) is 21.6. The van der Waals surface area contributed by atoms with Crippen LogP contribution in [-0.4, -0.2) is 95.1 Å². The lowest BCUT2D eigenvalue weighted by Gasteiger charge is -2.36. The summed E-state index contributed by atoms with van der Waals surface area (Å²) >= 11 is 0. The lowest BCUT2D eigenvalue weighted by molar-refractivity contribution is -0.123. The summed E-state index contributed by atoms with van der Waals surface area (Å²) in [6, 6.07) is 6.35. The molecule has 34 heavy (non-hydrogen) atoms. The summed E-state index contributed by atoms with van der Waals surface area (Å²) in [4.78, 5) is 23.3. The molecule has 1 unspecified atom stereocenters. The Bertz CT molecular complexity index is 943. The lowest BCUT2D eigenvalue weighted by Crippen LogP contribution is -2.51. The first-order valence-corrected chi connectivity index (χ1v) is 12.0. The number of rotatable bonds is 7. The molecule has 1 saturated carbocycles. The fourth-order valence-corrected chi connectivity index (χ4v) is 4.75. The molecule has 0 spiro atoms. The van der Waals surface area contributed by atoms with Gasteiger partial charge in [0.2, 0.25) is 11.9 Å². The Labute approximate surface area is 200 Å². The van der Waals surface area contributed by atoms with Gasteiger partial charge in [-0.1, -0.05) is 0 Å². The minimum atomic E-state index is -0.413. The molecule has 1 aliphatic carbocycles. The third-order valence-corrected chi connectivity index (χ3v) is 6.80. The maximum absolute atomic E-state index is 13.2. The summed E-state index contributed by atoms with van der Waals surface area (Å²) in [6.07, 6.45) is 4.82. The van der Waals surface area contributed by atoms with Crippen molar-refractivity contribution < 1.29 is 14.3 Å². The molecule has 2 fully saturated rings. The number of halogens is 1. The van der Waals surface area contributed by atoms with Crippen molar-refractivity contribution in [2.45, 2.75) is 38.0 Å². The Hall–Kier alpha value is -2.69. The lowest BCUT2D eigenvalue weighted by atomic mass is 9.84. The van der Waals surface area contributed by atoms with Gasteiger partial charge in [0.25, 0.3) is 0 Å². The molecule has 1 amide bonds. The predicted octanol–water partition coefficient (Wildman–Crippen LogP) is 1.35. The molecule has 1 aromatic carbocycles. The van der Waals surface area contributed by atoms with E-state index in [-0.39, 0.29) is 23.7 Å². The van der Waals surface area contributed by atoms with Gasteiger partial charge in [-0.3, -0.25) is 14.6 Å². The van der Waals surface area contributed by atoms with Crippen molar-refractivity contribution in [3.05, 3.63) is 36.3 Å². The monoisotopic (exact) mass is 471 g/mol. The van der Waals surface area contributed by atoms with E-state index in [2.05, 4.69) is 30.3 Å². The zero-order valence-corrected chi connectivity index (χ0v) is 19.9. The maximum Gasteiger partial charge on any atom is 0.245 e. The predicted molar refractivity (Wildman–Crippen MR) is 127 cm³/mol. The van der Waals surface area contributed by atoms with Crippen LogP contribution in [-0.2, 0) is 4.79 Å². The summed E-state index contributed by atoms with van der Waals surface area (Å²) in [7, 11) is 3.78. The van der Waals surface area contributed by atoms with Gasteiger partial charge in [-0.05, 0) is 70.0 Å². The molecule has 0 bridgehead atoms. The highest BCUT2D eigenvalue weighted by Gasteiger charge is 2.29. The molecule has 1 saturated heterocycles. The van der Waals surface area contributed by atoms with Crippen molar-refractivity contribution in [3.8, 4) is 11.3 Å². The highest BCUT2D eigenvalue weighted by atomic mass is 19.1. The first-order chi connectivity index (χ1) is 16.4. The molecule has 2 N–H and O–H groups in total. The van der Waals surface area contributed by atoms with E-state index in [0.717, 1.165) is 44.3 Å². The van der Waals surface area contributed by atoms with Gasteiger partial charge in [-0.25, -0.2) is 9.37 Å². The third-order valence-electron chi connectivity index (χ3n) is 6.80. The van der Waals surface area contributed by atoms with Crippen molar-refractivity contribution in [2.75, 3.05) is 51.7 Å². The Balaban J connectivity index is 1.22. The van der Waals surface area contributed by atoms with Crippen LogP contribution in [0, 0.1) is 11.7 Å². The number of aromatic nitrogens is 3. The number of nitrogens with one attached hydrogen (secondary N) is 1. The second-order valence-electron chi connectivity index (χ2n) is 9.47. The second kappa shape index (κ2) is 11.2. The number of hydrogen-bond acceptors (Lipinski definition) is 8. The maximum atomic E-state index is 13.2. The molecule has 184 valence electrons. The standard InChI is InChI=1S/C24H34FN7O2/c1-30(2)23(34)18-5-9-20(10-6-18)27-22(33)16-31-11-13-32(14-12-31)24-28-21(15-26-29-24)17-3-7-19(25)8-4-17/h3-4,7-8,15,18,20,23,34H,5-6,9-14,16H2,1-2H3,(H,27,33). The number of aliphatic hydroxyl groups is 1. The van der Waals surface area contributed by atoms with Gasteiger partial charge < -0.3 is 15.3 Å². The normalized spacial score (nSPS) is 22.6. The van der Waals surface area contributed by atoms with E-state index in [0.29, 0.717) is 31.3 Å². The third kappa shape index (κ3) is 6.25. The van der Waals surface area contributed by atoms with Crippen LogP contribution in [0.4, 0.5) is 10.3 Å². The van der Waals surface area contributed by atoms with Crippen LogP contribution < -0.4 is 10.2 Å². The van der Waals surface area contributed by atoms with Gasteiger partial charge >= 0.3 is 0 Å². The number of anilines is 1. The highest BCUT2D eigenvalue weighted by Crippen LogP contribution is 2.27. The van der Waals surface area contributed by atoms with E-state index in [1.807, 2.05) is 19.0 Å². The van der Waals surface area contributed by atoms with Crippen molar-refractivity contribution in [2.24, 2.45) is 5.92 Å². The van der Waals surface area contributed by atoms with Crippen LogP contribution in [0.25, 0.3) is 11.3 Å². The van der Waals surface area contributed by atoms with Crippen LogP contribution in [0.3, 0.4) is 0 Å². The minimum Gasteiger partial charge on any atom is -0.378 e. The van der Waals surface area contributed by atoms with Gasteiger partial charge in [0.1, 0.15) is 12.0 Å².